The van der Waals surface area contributed by atoms with Gasteiger partial charge in [-0.25, -0.2) is 9.78 Å². The molecule has 50 heavy (non-hydrogen) atoms. The van der Waals surface area contributed by atoms with E-state index in [2.05, 4.69) is 15.6 Å². The predicted molar refractivity (Wildman–Crippen MR) is 182 cm³/mol. The van der Waals surface area contributed by atoms with Crippen molar-refractivity contribution in [1.29, 1.82) is 0 Å². The van der Waals surface area contributed by atoms with Crippen LogP contribution in [0.15, 0.2) is 24.3 Å². The quantitative estimate of drug-likeness (QED) is 0.320. The van der Waals surface area contributed by atoms with Crippen molar-refractivity contribution in [1.82, 2.24) is 30.3 Å². The second kappa shape index (κ2) is 15.6. The van der Waals surface area contributed by atoms with Crippen LogP contribution in [-0.4, -0.2) is 124 Å². The first-order chi connectivity index (χ1) is 24.1. The maximum Gasteiger partial charge on any atom is 0.410 e. The molecule has 0 radical (unpaired) electrons. The monoisotopic (exact) mass is 692 g/mol. The predicted octanol–water partition coefficient (Wildman–Crippen LogP) is 2.28. The van der Waals surface area contributed by atoms with Crippen LogP contribution >= 0.6 is 0 Å². The Morgan fingerprint density at radius 1 is 0.920 bits per heavy atom. The van der Waals surface area contributed by atoms with E-state index in [1.165, 1.54) is 6.07 Å². The number of amides is 5. The van der Waals surface area contributed by atoms with Crippen LogP contribution in [0.2, 0.25) is 0 Å². The van der Waals surface area contributed by atoms with Gasteiger partial charge in [-0.2, -0.15) is 0 Å². The average molecular weight is 693 g/mol. The number of rotatable bonds is 11. The third kappa shape index (κ3) is 7.95. The summed E-state index contributed by atoms with van der Waals surface area (Å²) in [7, 11) is 0. The number of aromatic nitrogens is 1. The second-order valence-electron chi connectivity index (χ2n) is 13.9. The van der Waals surface area contributed by atoms with E-state index in [9.17, 15) is 29.1 Å². The zero-order valence-corrected chi connectivity index (χ0v) is 28.9. The van der Waals surface area contributed by atoms with E-state index >= 15 is 0 Å². The van der Waals surface area contributed by atoms with Gasteiger partial charge in [0.15, 0.2) is 6.10 Å². The molecule has 2 saturated carbocycles. The van der Waals surface area contributed by atoms with E-state index in [0.29, 0.717) is 37.0 Å². The maximum atomic E-state index is 13.7. The molecule has 2 aromatic rings. The number of fused-ring (bicyclic) bond motifs is 1. The summed E-state index contributed by atoms with van der Waals surface area (Å²) < 4.78 is 11.7. The fourth-order valence-corrected chi connectivity index (χ4v) is 6.80. The van der Waals surface area contributed by atoms with Crippen LogP contribution in [0.1, 0.15) is 80.8 Å². The lowest BCUT2D eigenvalue weighted by atomic mass is 9.93. The van der Waals surface area contributed by atoms with Crippen LogP contribution in [0.5, 0.6) is 5.75 Å². The molecule has 0 spiro atoms. The van der Waals surface area contributed by atoms with Crippen LogP contribution in [0.3, 0.4) is 0 Å². The molecule has 1 aromatic heterocycles. The number of pyridine rings is 1. The van der Waals surface area contributed by atoms with Crippen molar-refractivity contribution in [2.75, 3.05) is 39.3 Å². The first-order valence-corrected chi connectivity index (χ1v) is 18.0. The Bertz CT molecular complexity index is 1600. The highest BCUT2D eigenvalue weighted by atomic mass is 16.6. The summed E-state index contributed by atoms with van der Waals surface area (Å²) >= 11 is 0. The molecule has 270 valence electrons. The van der Waals surface area contributed by atoms with Gasteiger partial charge in [0.1, 0.15) is 29.6 Å². The van der Waals surface area contributed by atoms with E-state index in [1.54, 1.807) is 27.7 Å². The van der Waals surface area contributed by atoms with E-state index in [1.807, 2.05) is 19.1 Å². The molecular formula is C36H48N6O8. The van der Waals surface area contributed by atoms with Gasteiger partial charge in [0.25, 0.3) is 11.8 Å². The van der Waals surface area contributed by atoms with E-state index in [-0.39, 0.29) is 73.5 Å². The summed E-state index contributed by atoms with van der Waals surface area (Å²) in [5, 5.41) is 16.2. The molecular weight excluding hydrogens is 644 g/mol. The van der Waals surface area contributed by atoms with E-state index in [0.717, 1.165) is 50.5 Å². The van der Waals surface area contributed by atoms with Crippen molar-refractivity contribution >= 4 is 40.6 Å². The first-order valence-electron chi connectivity index (χ1n) is 18.0. The van der Waals surface area contributed by atoms with Gasteiger partial charge in [0.05, 0.1) is 5.52 Å². The number of aryl methyl sites for hydroxylation is 1. The third-order valence-corrected chi connectivity index (χ3v) is 10.3. The zero-order chi connectivity index (χ0) is 35.4. The number of likely N-dealkylation sites (tertiary alicyclic amines) is 1. The Labute approximate surface area is 291 Å². The normalized spacial score (nSPS) is 20.8. The van der Waals surface area contributed by atoms with Crippen LogP contribution in [-0.2, 0) is 19.1 Å². The van der Waals surface area contributed by atoms with Crippen LogP contribution in [0.4, 0.5) is 4.79 Å². The molecule has 2 aliphatic heterocycles. The van der Waals surface area contributed by atoms with Crippen molar-refractivity contribution in [2.24, 2.45) is 0 Å². The minimum atomic E-state index is -1.03. The zero-order valence-electron chi connectivity index (χ0n) is 28.9. The van der Waals surface area contributed by atoms with Crippen LogP contribution in [0.25, 0.3) is 10.9 Å². The first kappa shape index (κ1) is 35.4. The largest absolute Gasteiger partial charge is 0.480 e. The van der Waals surface area contributed by atoms with Gasteiger partial charge in [0.2, 0.25) is 11.8 Å². The van der Waals surface area contributed by atoms with E-state index < -0.39 is 24.1 Å². The number of nitrogens with zero attached hydrogens (tertiary/aromatic N) is 4. The number of benzene rings is 1. The molecule has 2 aliphatic carbocycles. The van der Waals surface area contributed by atoms with Crippen molar-refractivity contribution in [3.8, 4) is 5.75 Å². The average Bonchev–Trinajstić information content (AvgIpc) is 3.57. The lowest BCUT2D eigenvalue weighted by Gasteiger charge is -2.37. The summed E-state index contributed by atoms with van der Waals surface area (Å²) in [6, 6.07) is 5.56. The smallest absolute Gasteiger partial charge is 0.410 e. The van der Waals surface area contributed by atoms with Gasteiger partial charge in [-0.15, -0.1) is 0 Å². The number of carbonyl (C=O) groups excluding carboxylic acids is 5. The minimum Gasteiger partial charge on any atom is -0.480 e. The summed E-state index contributed by atoms with van der Waals surface area (Å²) in [4.78, 5) is 75.6. The Morgan fingerprint density at radius 2 is 1.64 bits per heavy atom. The number of ether oxygens (including phenoxy) is 2. The third-order valence-electron chi connectivity index (χ3n) is 10.3. The number of piperazine rings is 1. The molecule has 14 nitrogen and oxygen atoms in total. The summed E-state index contributed by atoms with van der Waals surface area (Å²) in [6.07, 6.45) is 5.77. The van der Waals surface area contributed by atoms with Gasteiger partial charge in [-0.05, 0) is 89.3 Å². The fourth-order valence-electron chi connectivity index (χ4n) is 6.80. The lowest BCUT2D eigenvalue weighted by Crippen LogP contribution is -2.56. The number of carbonyl (C=O) groups is 5. The van der Waals surface area contributed by atoms with Crippen molar-refractivity contribution in [2.45, 2.75) is 102 Å². The molecule has 3 heterocycles. The number of nitrogens with one attached hydrogen (secondary N) is 2. The number of hydrogen-bond donors (Lipinski definition) is 3. The lowest BCUT2D eigenvalue weighted by molar-refractivity contribution is -0.143. The summed E-state index contributed by atoms with van der Waals surface area (Å²) in [6.45, 7) is 4.81. The Kier molecular flexibility index (Phi) is 11.0. The molecule has 0 bridgehead atoms. The van der Waals surface area contributed by atoms with Gasteiger partial charge in [0, 0.05) is 56.8 Å². The maximum absolute atomic E-state index is 13.7. The van der Waals surface area contributed by atoms with Gasteiger partial charge in [-0.3, -0.25) is 19.2 Å². The highest BCUT2D eigenvalue weighted by Gasteiger charge is 2.38. The molecule has 2 saturated heterocycles. The molecule has 1 aromatic carbocycles. The van der Waals surface area contributed by atoms with Crippen LogP contribution < -0.4 is 15.4 Å². The van der Waals surface area contributed by atoms with Crippen molar-refractivity contribution in [3.05, 3.63) is 35.5 Å². The highest BCUT2D eigenvalue weighted by molar-refractivity contribution is 5.99. The van der Waals surface area contributed by atoms with Crippen molar-refractivity contribution < 1.29 is 38.6 Å². The summed E-state index contributed by atoms with van der Waals surface area (Å²) in [5.74, 6) is -1.18. The minimum absolute atomic E-state index is 0.0125. The Morgan fingerprint density at radius 3 is 2.30 bits per heavy atom. The van der Waals surface area contributed by atoms with Gasteiger partial charge < -0.3 is 39.9 Å². The number of aliphatic hydroxyl groups excluding tert-OH is 1. The molecule has 14 heteroatoms. The fraction of sp³-hybridized carbons (Fsp3) is 0.611. The van der Waals surface area contributed by atoms with Gasteiger partial charge >= 0.3 is 6.09 Å². The second-order valence-corrected chi connectivity index (χ2v) is 13.9. The Balaban J connectivity index is 1.13. The molecule has 6 rings (SSSR count). The van der Waals surface area contributed by atoms with E-state index in [4.69, 9.17) is 9.47 Å². The molecule has 3 atom stereocenters. The molecule has 5 amide bonds. The van der Waals surface area contributed by atoms with Crippen molar-refractivity contribution in [3.63, 3.8) is 0 Å². The van der Waals surface area contributed by atoms with Gasteiger partial charge in [-0.1, -0.05) is 6.07 Å². The molecule has 3 N–H and O–H groups in total. The molecule has 2 unspecified atom stereocenters. The standard InChI is InChI=1S/C36H48N6O8/c1-22-11-12-26-28(20-22)38-29(21-31(26)49-23(2)34(46)42-14-5-10-30(42)33(45)37-24-6-3-7-24)32(44)39-27(13-19-43)35(47)40-15-17-41(18-16-40)36(48)50-25-8-4-9-25/h11-12,20-21,23-25,27,30,43H,3-10,13-19H2,1-2H3,(H,37,45)(H,39,44)/t23-,27?,30?/m1/s1. The number of aliphatic hydroxyl groups is 1. The number of hydrogen-bond acceptors (Lipinski definition) is 9. The topological polar surface area (TPSA) is 171 Å². The summed E-state index contributed by atoms with van der Waals surface area (Å²) in [5.41, 5.74) is 1.36. The molecule has 4 aliphatic rings. The Hall–Kier alpha value is -4.46. The highest BCUT2D eigenvalue weighted by Crippen LogP contribution is 2.29. The molecule has 4 fully saturated rings. The SMILES string of the molecule is Cc1ccc2c(O[C@H](C)C(=O)N3CCCC3C(=O)NC3CCC3)cc(C(=O)NC(CCO)C(=O)N3CCN(C(=O)OC4CCC4)CC3)nc2c1. The van der Waals surface area contributed by atoms with Crippen LogP contribution in [0, 0.1) is 6.92 Å².